The van der Waals surface area contributed by atoms with Crippen LogP contribution < -0.4 is 10.2 Å². The molecule has 2 aromatic rings. The molecule has 2 aliphatic rings. The van der Waals surface area contributed by atoms with Crippen molar-refractivity contribution >= 4 is 17.5 Å². The number of nitrogens with one attached hydrogen (secondary N) is 1. The minimum absolute atomic E-state index is 0.268. The number of anilines is 2. The Hall–Kier alpha value is -2.50. The van der Waals surface area contributed by atoms with Crippen LogP contribution >= 0.6 is 0 Å². The first-order valence-electron chi connectivity index (χ1n) is 8.06. The van der Waals surface area contributed by atoms with Crippen molar-refractivity contribution in [1.29, 1.82) is 0 Å². The second kappa shape index (κ2) is 5.61. The molecule has 6 heteroatoms. The van der Waals surface area contributed by atoms with E-state index in [1.165, 1.54) is 12.1 Å². The van der Waals surface area contributed by atoms with Gasteiger partial charge in [-0.25, -0.2) is 4.79 Å². The van der Waals surface area contributed by atoms with Crippen LogP contribution in [0.3, 0.4) is 0 Å². The lowest BCUT2D eigenvalue weighted by Gasteiger charge is -2.18. The fraction of sp³-hybridized carbons (Fsp3) is 0.412. The summed E-state index contributed by atoms with van der Waals surface area (Å²) in [6.45, 7) is 4.80. The van der Waals surface area contributed by atoms with Crippen LogP contribution in [0.2, 0.25) is 0 Å². The van der Waals surface area contributed by atoms with Crippen molar-refractivity contribution < 1.29 is 9.53 Å². The van der Waals surface area contributed by atoms with Crippen molar-refractivity contribution in [2.45, 2.75) is 32.9 Å². The van der Waals surface area contributed by atoms with Crippen LogP contribution in [-0.2, 0) is 24.2 Å². The van der Waals surface area contributed by atoms with Gasteiger partial charge in [0.15, 0.2) is 0 Å². The SMILES string of the molecule is Cc1c(NCc2cc3n(n2)CCC3)cccc1N1CCOC1=O. The highest BCUT2D eigenvalue weighted by molar-refractivity contribution is 5.91. The van der Waals surface area contributed by atoms with E-state index in [2.05, 4.69) is 21.2 Å². The van der Waals surface area contributed by atoms with Gasteiger partial charge >= 0.3 is 6.09 Å². The molecule has 0 atom stereocenters. The predicted octanol–water partition coefficient (Wildman–Crippen LogP) is 2.71. The third-order valence-electron chi connectivity index (χ3n) is 4.53. The number of cyclic esters (lactones) is 1. The Balaban J connectivity index is 1.51. The summed E-state index contributed by atoms with van der Waals surface area (Å²) in [6, 6.07) is 8.13. The van der Waals surface area contributed by atoms with Gasteiger partial charge < -0.3 is 10.1 Å². The summed E-state index contributed by atoms with van der Waals surface area (Å²) in [7, 11) is 0. The van der Waals surface area contributed by atoms with Gasteiger partial charge in [-0.1, -0.05) is 6.07 Å². The lowest BCUT2D eigenvalue weighted by atomic mass is 10.1. The van der Waals surface area contributed by atoms with Crippen LogP contribution in [0.4, 0.5) is 16.2 Å². The molecule has 1 N–H and O–H groups in total. The van der Waals surface area contributed by atoms with Crippen molar-refractivity contribution in [1.82, 2.24) is 9.78 Å². The number of fused-ring (bicyclic) bond motifs is 1. The summed E-state index contributed by atoms with van der Waals surface area (Å²) in [5.74, 6) is 0. The first-order chi connectivity index (χ1) is 11.2. The summed E-state index contributed by atoms with van der Waals surface area (Å²) in [5.41, 5.74) is 5.37. The highest BCUT2D eigenvalue weighted by Crippen LogP contribution is 2.29. The van der Waals surface area contributed by atoms with Gasteiger partial charge in [0.05, 0.1) is 24.5 Å². The topological polar surface area (TPSA) is 59.4 Å². The smallest absolute Gasteiger partial charge is 0.414 e. The van der Waals surface area contributed by atoms with Crippen molar-refractivity contribution in [2.24, 2.45) is 0 Å². The zero-order chi connectivity index (χ0) is 15.8. The number of aryl methyl sites for hydroxylation is 2. The fourth-order valence-electron chi connectivity index (χ4n) is 3.31. The number of aromatic nitrogens is 2. The molecule has 1 amide bonds. The number of hydrogen-bond acceptors (Lipinski definition) is 4. The van der Waals surface area contributed by atoms with E-state index in [0.717, 1.165) is 35.6 Å². The summed E-state index contributed by atoms with van der Waals surface area (Å²) >= 11 is 0. The lowest BCUT2D eigenvalue weighted by Crippen LogP contribution is -2.24. The maximum absolute atomic E-state index is 11.8. The monoisotopic (exact) mass is 312 g/mol. The molecule has 0 saturated carbocycles. The molecule has 4 rings (SSSR count). The summed E-state index contributed by atoms with van der Waals surface area (Å²) < 4.78 is 7.13. The molecule has 1 aromatic carbocycles. The molecule has 23 heavy (non-hydrogen) atoms. The van der Waals surface area contributed by atoms with Crippen molar-refractivity contribution in [3.05, 3.63) is 41.2 Å². The number of ether oxygens (including phenoxy) is 1. The zero-order valence-corrected chi connectivity index (χ0v) is 13.2. The normalized spacial score (nSPS) is 16.6. The van der Waals surface area contributed by atoms with E-state index < -0.39 is 0 Å². The Bertz CT molecular complexity index is 732. The largest absolute Gasteiger partial charge is 0.447 e. The van der Waals surface area contributed by atoms with Crippen LogP contribution in [0.15, 0.2) is 24.3 Å². The number of rotatable bonds is 4. The molecule has 1 fully saturated rings. The standard InChI is InChI=1S/C17H20N4O2/c1-12-15(5-2-6-16(12)20-8-9-23-17(20)22)18-11-13-10-14-4-3-7-21(14)19-13/h2,5-6,10,18H,3-4,7-9,11H2,1H3. The van der Waals surface area contributed by atoms with Gasteiger partial charge in [0.25, 0.3) is 0 Å². The molecule has 0 spiro atoms. The first-order valence-corrected chi connectivity index (χ1v) is 8.06. The lowest BCUT2D eigenvalue weighted by molar-refractivity contribution is 0.181. The van der Waals surface area contributed by atoms with E-state index in [4.69, 9.17) is 4.74 Å². The molecule has 1 saturated heterocycles. The van der Waals surface area contributed by atoms with Gasteiger partial charge in [0.2, 0.25) is 0 Å². The van der Waals surface area contributed by atoms with Crippen LogP contribution in [0.25, 0.3) is 0 Å². The summed E-state index contributed by atoms with van der Waals surface area (Å²) in [5, 5.41) is 8.06. The minimum Gasteiger partial charge on any atom is -0.447 e. The molecule has 6 nitrogen and oxygen atoms in total. The molecule has 120 valence electrons. The predicted molar refractivity (Wildman–Crippen MR) is 87.7 cm³/mol. The van der Waals surface area contributed by atoms with Crippen LogP contribution in [0.5, 0.6) is 0 Å². The second-order valence-electron chi connectivity index (χ2n) is 6.02. The minimum atomic E-state index is -0.268. The first kappa shape index (κ1) is 14.1. The number of amides is 1. The van der Waals surface area contributed by atoms with E-state index >= 15 is 0 Å². The highest BCUT2D eigenvalue weighted by atomic mass is 16.6. The molecular weight excluding hydrogens is 292 g/mol. The Kier molecular flexibility index (Phi) is 3.44. The van der Waals surface area contributed by atoms with Crippen LogP contribution in [0.1, 0.15) is 23.4 Å². The van der Waals surface area contributed by atoms with E-state index in [0.29, 0.717) is 19.7 Å². The van der Waals surface area contributed by atoms with Gasteiger partial charge in [-0.15, -0.1) is 0 Å². The average molecular weight is 312 g/mol. The zero-order valence-electron chi connectivity index (χ0n) is 13.2. The molecule has 1 aromatic heterocycles. The Labute approximate surface area is 135 Å². The molecule has 0 aliphatic carbocycles. The number of carbonyl (C=O) groups is 1. The molecule has 0 radical (unpaired) electrons. The number of benzene rings is 1. The molecule has 2 aliphatic heterocycles. The Morgan fingerprint density at radius 2 is 2.26 bits per heavy atom. The van der Waals surface area contributed by atoms with Gasteiger partial charge in [-0.2, -0.15) is 5.10 Å². The van der Waals surface area contributed by atoms with E-state index in [1.54, 1.807) is 4.90 Å². The van der Waals surface area contributed by atoms with Crippen molar-refractivity contribution in [2.75, 3.05) is 23.4 Å². The molecule has 0 bridgehead atoms. The van der Waals surface area contributed by atoms with Gasteiger partial charge in [-0.3, -0.25) is 9.58 Å². The van der Waals surface area contributed by atoms with E-state index in [9.17, 15) is 4.79 Å². The quantitative estimate of drug-likeness (QED) is 0.943. The average Bonchev–Trinajstić information content (AvgIpc) is 3.22. The third kappa shape index (κ3) is 2.54. The Morgan fingerprint density at radius 3 is 3.04 bits per heavy atom. The van der Waals surface area contributed by atoms with Gasteiger partial charge in [-0.05, 0) is 43.5 Å². The molecular formula is C17H20N4O2. The van der Waals surface area contributed by atoms with Gasteiger partial charge in [0, 0.05) is 17.9 Å². The third-order valence-corrected chi connectivity index (χ3v) is 4.53. The second-order valence-corrected chi connectivity index (χ2v) is 6.02. The number of carbonyl (C=O) groups excluding carboxylic acids is 1. The fourth-order valence-corrected chi connectivity index (χ4v) is 3.31. The van der Waals surface area contributed by atoms with Crippen molar-refractivity contribution in [3.8, 4) is 0 Å². The molecule has 3 heterocycles. The Morgan fingerprint density at radius 1 is 1.35 bits per heavy atom. The summed E-state index contributed by atoms with van der Waals surface area (Å²) in [4.78, 5) is 13.5. The van der Waals surface area contributed by atoms with Gasteiger partial charge in [0.1, 0.15) is 6.61 Å². The molecule has 0 unspecified atom stereocenters. The number of nitrogens with zero attached hydrogens (tertiary/aromatic N) is 3. The maximum atomic E-state index is 11.8. The number of hydrogen-bond donors (Lipinski definition) is 1. The van der Waals surface area contributed by atoms with Crippen LogP contribution in [0, 0.1) is 6.92 Å². The van der Waals surface area contributed by atoms with E-state index in [-0.39, 0.29) is 6.09 Å². The van der Waals surface area contributed by atoms with Crippen LogP contribution in [-0.4, -0.2) is 29.0 Å². The highest BCUT2D eigenvalue weighted by Gasteiger charge is 2.25. The maximum Gasteiger partial charge on any atom is 0.414 e. The van der Waals surface area contributed by atoms with Crippen molar-refractivity contribution in [3.63, 3.8) is 0 Å². The summed E-state index contributed by atoms with van der Waals surface area (Å²) in [6.07, 6.45) is 2.05. The van der Waals surface area contributed by atoms with E-state index in [1.807, 2.05) is 25.1 Å².